The Labute approximate surface area is 119 Å². The van der Waals surface area contributed by atoms with Crippen molar-refractivity contribution in [2.24, 2.45) is 0 Å². The molecule has 19 heavy (non-hydrogen) atoms. The fourth-order valence-corrected chi connectivity index (χ4v) is 2.42. The number of likely N-dealkylation sites (tertiary alicyclic amines) is 1. The average Bonchev–Trinajstić information content (AvgIpc) is 2.84. The Morgan fingerprint density at radius 2 is 1.89 bits per heavy atom. The molecule has 0 N–H and O–H groups in total. The average molecular weight is 332 g/mol. The van der Waals surface area contributed by atoms with Crippen LogP contribution < -0.4 is 0 Å². The second-order valence-electron chi connectivity index (χ2n) is 4.39. The van der Waals surface area contributed by atoms with Crippen molar-refractivity contribution < 1.29 is 18.7 Å². The third-order valence-corrected chi connectivity index (χ3v) is 3.92. The number of carbonyl (C=O) groups is 1. The van der Waals surface area contributed by atoms with E-state index in [1.165, 1.54) is 12.1 Å². The number of nitrogens with zero attached hydrogens (tertiary/aromatic N) is 1. The summed E-state index contributed by atoms with van der Waals surface area (Å²) in [6, 6.07) is 4.35. The van der Waals surface area contributed by atoms with Gasteiger partial charge in [-0.25, -0.2) is 4.39 Å². The van der Waals surface area contributed by atoms with E-state index in [0.717, 1.165) is 0 Å². The molecule has 1 heterocycles. The summed E-state index contributed by atoms with van der Waals surface area (Å²) in [4.78, 5) is 13.9. The van der Waals surface area contributed by atoms with Crippen LogP contribution in [-0.4, -0.2) is 50.3 Å². The normalized spacial score (nSPS) is 22.8. The van der Waals surface area contributed by atoms with Gasteiger partial charge in [-0.1, -0.05) is 0 Å². The SMILES string of the molecule is COC1CN(C(=O)c2ccc(Br)c(F)c2)CC1OC. The maximum atomic E-state index is 13.4. The van der Waals surface area contributed by atoms with E-state index in [9.17, 15) is 9.18 Å². The maximum absolute atomic E-state index is 13.4. The van der Waals surface area contributed by atoms with Crippen molar-refractivity contribution in [1.29, 1.82) is 0 Å². The molecule has 2 unspecified atom stereocenters. The van der Waals surface area contributed by atoms with Gasteiger partial charge in [0.2, 0.25) is 0 Å². The van der Waals surface area contributed by atoms with Gasteiger partial charge >= 0.3 is 0 Å². The van der Waals surface area contributed by atoms with Gasteiger partial charge in [0.25, 0.3) is 5.91 Å². The standard InChI is InChI=1S/C13H15BrFNO3/c1-18-11-6-16(7-12(11)19-2)13(17)8-3-4-9(14)10(15)5-8/h3-5,11-12H,6-7H2,1-2H3. The molecule has 0 aromatic heterocycles. The number of ether oxygens (including phenoxy) is 2. The first-order valence-electron chi connectivity index (χ1n) is 5.86. The second kappa shape index (κ2) is 5.98. The number of hydrogen-bond acceptors (Lipinski definition) is 3. The van der Waals surface area contributed by atoms with Gasteiger partial charge in [-0.3, -0.25) is 4.79 Å². The molecule has 6 heteroatoms. The van der Waals surface area contributed by atoms with E-state index in [4.69, 9.17) is 9.47 Å². The quantitative estimate of drug-likeness (QED) is 0.851. The second-order valence-corrected chi connectivity index (χ2v) is 5.24. The van der Waals surface area contributed by atoms with Crippen molar-refractivity contribution in [1.82, 2.24) is 4.90 Å². The molecule has 0 saturated carbocycles. The summed E-state index contributed by atoms with van der Waals surface area (Å²) in [5, 5.41) is 0. The number of benzene rings is 1. The fourth-order valence-electron chi connectivity index (χ4n) is 2.17. The zero-order valence-corrected chi connectivity index (χ0v) is 12.3. The van der Waals surface area contributed by atoms with E-state index in [1.54, 1.807) is 25.2 Å². The lowest BCUT2D eigenvalue weighted by Gasteiger charge is -2.15. The number of hydrogen-bond donors (Lipinski definition) is 0. The van der Waals surface area contributed by atoms with Crippen molar-refractivity contribution in [3.05, 3.63) is 34.1 Å². The molecule has 1 fully saturated rings. The molecule has 1 saturated heterocycles. The Morgan fingerprint density at radius 1 is 1.32 bits per heavy atom. The minimum absolute atomic E-state index is 0.144. The third kappa shape index (κ3) is 2.96. The molecule has 0 spiro atoms. The fraction of sp³-hybridized carbons (Fsp3) is 0.462. The van der Waals surface area contributed by atoms with Gasteiger partial charge in [0, 0.05) is 32.9 Å². The maximum Gasteiger partial charge on any atom is 0.254 e. The van der Waals surface area contributed by atoms with E-state index in [-0.39, 0.29) is 18.1 Å². The molecule has 4 nitrogen and oxygen atoms in total. The molecule has 1 aliphatic rings. The Morgan fingerprint density at radius 3 is 2.37 bits per heavy atom. The molecule has 0 bridgehead atoms. The molecule has 0 aliphatic carbocycles. The smallest absolute Gasteiger partial charge is 0.254 e. The molecule has 1 aliphatic heterocycles. The van der Waals surface area contributed by atoms with Crippen LogP contribution in [0.5, 0.6) is 0 Å². The highest BCUT2D eigenvalue weighted by atomic mass is 79.9. The molecular weight excluding hydrogens is 317 g/mol. The summed E-state index contributed by atoms with van der Waals surface area (Å²) < 4.78 is 24.3. The minimum atomic E-state index is -0.448. The molecule has 2 rings (SSSR count). The highest BCUT2D eigenvalue weighted by Crippen LogP contribution is 2.21. The van der Waals surface area contributed by atoms with Crippen molar-refractivity contribution in [2.45, 2.75) is 12.2 Å². The van der Waals surface area contributed by atoms with Gasteiger partial charge in [-0.05, 0) is 34.1 Å². The summed E-state index contributed by atoms with van der Waals surface area (Å²) in [5.74, 6) is -0.662. The first-order chi connectivity index (χ1) is 9.06. The van der Waals surface area contributed by atoms with Crippen LogP contribution in [0.1, 0.15) is 10.4 Å². The van der Waals surface area contributed by atoms with Crippen molar-refractivity contribution in [3.8, 4) is 0 Å². The van der Waals surface area contributed by atoms with Crippen LogP contribution in [0.2, 0.25) is 0 Å². The Hall–Kier alpha value is -0.980. The minimum Gasteiger partial charge on any atom is -0.377 e. The van der Waals surface area contributed by atoms with E-state index in [1.807, 2.05) is 0 Å². The van der Waals surface area contributed by atoms with Gasteiger partial charge in [-0.15, -0.1) is 0 Å². The monoisotopic (exact) mass is 331 g/mol. The van der Waals surface area contributed by atoms with Crippen molar-refractivity contribution >= 4 is 21.8 Å². The van der Waals surface area contributed by atoms with Gasteiger partial charge in [-0.2, -0.15) is 0 Å². The summed E-state index contributed by atoms with van der Waals surface area (Å²) in [6.45, 7) is 0.900. The van der Waals surface area contributed by atoms with E-state index < -0.39 is 5.82 Å². The van der Waals surface area contributed by atoms with Gasteiger partial charge in [0.15, 0.2) is 0 Å². The van der Waals surface area contributed by atoms with E-state index in [2.05, 4.69) is 15.9 Å². The molecule has 0 radical (unpaired) electrons. The Balaban J connectivity index is 2.14. The summed E-state index contributed by atoms with van der Waals surface area (Å²) in [7, 11) is 3.17. The van der Waals surface area contributed by atoms with Crippen LogP contribution >= 0.6 is 15.9 Å². The predicted octanol–water partition coefficient (Wildman–Crippen LogP) is 2.07. The molecule has 1 aromatic carbocycles. The van der Waals surface area contributed by atoms with Crippen molar-refractivity contribution in [3.63, 3.8) is 0 Å². The largest absolute Gasteiger partial charge is 0.377 e. The van der Waals surface area contributed by atoms with Gasteiger partial charge in [0.1, 0.15) is 18.0 Å². The Kier molecular flexibility index (Phi) is 4.54. The number of carbonyl (C=O) groups excluding carboxylic acids is 1. The summed E-state index contributed by atoms with van der Waals surface area (Å²) in [6.07, 6.45) is -0.288. The summed E-state index contributed by atoms with van der Waals surface area (Å²) in [5.41, 5.74) is 0.326. The molecule has 1 aromatic rings. The topological polar surface area (TPSA) is 38.8 Å². The Bertz CT molecular complexity index is 471. The van der Waals surface area contributed by atoms with Crippen LogP contribution in [0.3, 0.4) is 0 Å². The lowest BCUT2D eigenvalue weighted by molar-refractivity contribution is -0.00461. The van der Waals surface area contributed by atoms with Gasteiger partial charge < -0.3 is 14.4 Å². The lowest BCUT2D eigenvalue weighted by Crippen LogP contribution is -2.30. The first-order valence-corrected chi connectivity index (χ1v) is 6.66. The molecule has 2 atom stereocenters. The van der Waals surface area contributed by atoms with Crippen molar-refractivity contribution in [2.75, 3.05) is 27.3 Å². The van der Waals surface area contributed by atoms with Crippen LogP contribution in [0, 0.1) is 5.82 Å². The number of rotatable bonds is 3. The van der Waals surface area contributed by atoms with Crippen LogP contribution in [-0.2, 0) is 9.47 Å². The van der Waals surface area contributed by atoms with E-state index >= 15 is 0 Å². The first kappa shape index (κ1) is 14.4. The van der Waals surface area contributed by atoms with Crippen LogP contribution in [0.4, 0.5) is 4.39 Å². The predicted molar refractivity (Wildman–Crippen MR) is 71.6 cm³/mol. The zero-order chi connectivity index (χ0) is 14.0. The van der Waals surface area contributed by atoms with E-state index in [0.29, 0.717) is 23.1 Å². The third-order valence-electron chi connectivity index (χ3n) is 3.27. The van der Waals surface area contributed by atoms with Gasteiger partial charge in [0.05, 0.1) is 4.47 Å². The van der Waals surface area contributed by atoms with Crippen LogP contribution in [0.25, 0.3) is 0 Å². The molecular formula is C13H15BrFNO3. The molecule has 1 amide bonds. The number of halogens is 2. The number of methoxy groups -OCH3 is 2. The zero-order valence-electron chi connectivity index (χ0n) is 10.7. The summed E-state index contributed by atoms with van der Waals surface area (Å²) >= 11 is 3.06. The van der Waals surface area contributed by atoms with Crippen LogP contribution in [0.15, 0.2) is 22.7 Å². The molecule has 104 valence electrons. The highest BCUT2D eigenvalue weighted by Gasteiger charge is 2.35. The lowest BCUT2D eigenvalue weighted by atomic mass is 10.2. The number of amides is 1. The highest BCUT2D eigenvalue weighted by molar-refractivity contribution is 9.10.